The van der Waals surface area contributed by atoms with E-state index < -0.39 is 16.0 Å². The normalized spacial score (nSPS) is 14.9. The molecule has 0 bridgehead atoms. The molecule has 2 aromatic carbocycles. The SMILES string of the molecule is COc1ccc(Cl)cc1COC(=O)c1cccc(S(=O)(=O)N2CCCC2)c1. The predicted octanol–water partition coefficient (Wildman–Crippen LogP) is 3.49. The first kappa shape index (κ1) is 19.7. The van der Waals surface area contributed by atoms with Crippen LogP contribution in [0.25, 0.3) is 0 Å². The quantitative estimate of drug-likeness (QED) is 0.683. The summed E-state index contributed by atoms with van der Waals surface area (Å²) < 4.78 is 37.3. The van der Waals surface area contributed by atoms with Gasteiger partial charge in [0.15, 0.2) is 0 Å². The number of methoxy groups -OCH3 is 1. The molecule has 1 aliphatic heterocycles. The molecule has 0 spiro atoms. The first-order valence-corrected chi connectivity index (χ1v) is 10.3. The van der Waals surface area contributed by atoms with Crippen molar-refractivity contribution in [3.63, 3.8) is 0 Å². The number of halogens is 1. The van der Waals surface area contributed by atoms with Crippen LogP contribution in [0.4, 0.5) is 0 Å². The molecule has 0 amide bonds. The fourth-order valence-electron chi connectivity index (χ4n) is 2.95. The molecule has 8 heteroatoms. The van der Waals surface area contributed by atoms with Crippen LogP contribution in [0.1, 0.15) is 28.8 Å². The largest absolute Gasteiger partial charge is 0.496 e. The van der Waals surface area contributed by atoms with Crippen LogP contribution in [-0.4, -0.2) is 38.9 Å². The molecule has 1 aliphatic rings. The van der Waals surface area contributed by atoms with E-state index in [1.165, 1.54) is 29.6 Å². The fraction of sp³-hybridized carbons (Fsp3) is 0.316. The van der Waals surface area contributed by atoms with E-state index in [0.29, 0.717) is 29.4 Å². The van der Waals surface area contributed by atoms with E-state index in [2.05, 4.69) is 0 Å². The first-order chi connectivity index (χ1) is 12.9. The molecule has 1 heterocycles. The van der Waals surface area contributed by atoms with Gasteiger partial charge in [-0.15, -0.1) is 0 Å². The van der Waals surface area contributed by atoms with Gasteiger partial charge in [0, 0.05) is 23.7 Å². The van der Waals surface area contributed by atoms with E-state index >= 15 is 0 Å². The molecule has 27 heavy (non-hydrogen) atoms. The number of ether oxygens (including phenoxy) is 2. The summed E-state index contributed by atoms with van der Waals surface area (Å²) in [5.41, 5.74) is 0.801. The van der Waals surface area contributed by atoms with Crippen LogP contribution in [0.5, 0.6) is 5.75 Å². The highest BCUT2D eigenvalue weighted by Crippen LogP contribution is 2.25. The van der Waals surface area contributed by atoms with Crippen molar-refractivity contribution in [2.24, 2.45) is 0 Å². The molecule has 0 unspecified atom stereocenters. The molecule has 0 aliphatic carbocycles. The number of rotatable bonds is 6. The average molecular weight is 410 g/mol. The van der Waals surface area contributed by atoms with Crippen molar-refractivity contribution in [1.82, 2.24) is 4.31 Å². The van der Waals surface area contributed by atoms with Crippen LogP contribution in [0.15, 0.2) is 47.4 Å². The van der Waals surface area contributed by atoms with Gasteiger partial charge in [0.2, 0.25) is 10.0 Å². The minimum absolute atomic E-state index is 0.0360. The molecule has 3 rings (SSSR count). The lowest BCUT2D eigenvalue weighted by molar-refractivity contribution is 0.0470. The van der Waals surface area contributed by atoms with E-state index in [0.717, 1.165) is 12.8 Å². The topological polar surface area (TPSA) is 72.9 Å². The zero-order chi connectivity index (χ0) is 19.4. The van der Waals surface area contributed by atoms with Crippen LogP contribution in [-0.2, 0) is 21.4 Å². The number of carbonyl (C=O) groups is 1. The molecule has 1 saturated heterocycles. The van der Waals surface area contributed by atoms with E-state index in [4.69, 9.17) is 21.1 Å². The highest BCUT2D eigenvalue weighted by molar-refractivity contribution is 7.89. The van der Waals surface area contributed by atoms with Gasteiger partial charge in [-0.2, -0.15) is 4.31 Å². The number of carbonyl (C=O) groups excluding carboxylic acids is 1. The van der Waals surface area contributed by atoms with Gasteiger partial charge < -0.3 is 9.47 Å². The molecule has 2 aromatic rings. The maximum absolute atomic E-state index is 12.7. The summed E-state index contributed by atoms with van der Waals surface area (Å²) in [4.78, 5) is 12.5. The van der Waals surface area contributed by atoms with Gasteiger partial charge in [0.1, 0.15) is 12.4 Å². The van der Waals surface area contributed by atoms with Crippen molar-refractivity contribution in [1.29, 1.82) is 0 Å². The second-order valence-corrected chi connectivity index (χ2v) is 8.55. The second-order valence-electron chi connectivity index (χ2n) is 6.17. The van der Waals surface area contributed by atoms with E-state index in [1.54, 1.807) is 24.3 Å². The molecular formula is C19H20ClNO5S. The number of nitrogens with zero attached hydrogens (tertiary/aromatic N) is 1. The molecule has 0 radical (unpaired) electrons. The molecule has 0 atom stereocenters. The standard InChI is InChI=1S/C19H20ClNO5S/c1-25-18-8-7-16(20)11-15(18)13-26-19(22)14-5-4-6-17(12-14)27(23,24)21-9-2-3-10-21/h4-8,11-12H,2-3,9-10,13H2,1H3. The molecule has 0 aromatic heterocycles. The lowest BCUT2D eigenvalue weighted by atomic mass is 10.2. The van der Waals surface area contributed by atoms with Crippen LogP contribution >= 0.6 is 11.6 Å². The van der Waals surface area contributed by atoms with Gasteiger partial charge in [-0.3, -0.25) is 0 Å². The van der Waals surface area contributed by atoms with Crippen LogP contribution in [0.2, 0.25) is 5.02 Å². The summed E-state index contributed by atoms with van der Waals surface area (Å²) in [5, 5.41) is 0.501. The Morgan fingerprint density at radius 1 is 1.15 bits per heavy atom. The van der Waals surface area contributed by atoms with E-state index in [-0.39, 0.29) is 17.1 Å². The molecule has 144 valence electrons. The fourth-order valence-corrected chi connectivity index (χ4v) is 4.71. The zero-order valence-electron chi connectivity index (χ0n) is 14.9. The van der Waals surface area contributed by atoms with Gasteiger partial charge in [-0.1, -0.05) is 17.7 Å². The van der Waals surface area contributed by atoms with Crippen molar-refractivity contribution in [2.45, 2.75) is 24.3 Å². The summed E-state index contributed by atoms with van der Waals surface area (Å²) in [7, 11) is -2.07. The summed E-state index contributed by atoms with van der Waals surface area (Å²) in [5.74, 6) is -0.0620. The Balaban J connectivity index is 1.75. The third-order valence-electron chi connectivity index (χ3n) is 4.37. The molecule has 0 saturated carbocycles. The Hall–Kier alpha value is -2.09. The van der Waals surface area contributed by atoms with Gasteiger partial charge in [0.25, 0.3) is 0 Å². The summed E-state index contributed by atoms with van der Waals surface area (Å²) in [6, 6.07) is 10.9. The number of hydrogen-bond acceptors (Lipinski definition) is 5. The van der Waals surface area contributed by atoms with Crippen LogP contribution in [0, 0.1) is 0 Å². The first-order valence-electron chi connectivity index (χ1n) is 8.51. The van der Waals surface area contributed by atoms with Crippen molar-refractivity contribution < 1.29 is 22.7 Å². The number of esters is 1. The zero-order valence-corrected chi connectivity index (χ0v) is 16.4. The second kappa shape index (κ2) is 8.29. The van der Waals surface area contributed by atoms with Gasteiger partial charge in [-0.05, 0) is 49.2 Å². The van der Waals surface area contributed by atoms with Crippen molar-refractivity contribution in [3.05, 3.63) is 58.6 Å². The third-order valence-corrected chi connectivity index (χ3v) is 6.50. The van der Waals surface area contributed by atoms with Gasteiger partial charge in [-0.25, -0.2) is 13.2 Å². The minimum Gasteiger partial charge on any atom is -0.496 e. The molecule has 1 fully saturated rings. The summed E-state index contributed by atoms with van der Waals surface area (Å²) in [6.45, 7) is 0.975. The van der Waals surface area contributed by atoms with Crippen molar-refractivity contribution in [2.75, 3.05) is 20.2 Å². The molecule has 0 N–H and O–H groups in total. The van der Waals surface area contributed by atoms with Gasteiger partial charge >= 0.3 is 5.97 Å². The van der Waals surface area contributed by atoms with Crippen LogP contribution in [0.3, 0.4) is 0 Å². The van der Waals surface area contributed by atoms with Crippen molar-refractivity contribution in [3.8, 4) is 5.75 Å². The monoisotopic (exact) mass is 409 g/mol. The summed E-state index contributed by atoms with van der Waals surface area (Å²) >= 11 is 5.97. The number of sulfonamides is 1. The van der Waals surface area contributed by atoms with E-state index in [1.807, 2.05) is 0 Å². The Kier molecular flexibility index (Phi) is 6.04. The Morgan fingerprint density at radius 3 is 2.59 bits per heavy atom. The maximum Gasteiger partial charge on any atom is 0.338 e. The Bertz CT molecular complexity index is 939. The number of benzene rings is 2. The third kappa shape index (κ3) is 4.43. The van der Waals surface area contributed by atoms with Crippen molar-refractivity contribution >= 4 is 27.6 Å². The van der Waals surface area contributed by atoms with Crippen LogP contribution < -0.4 is 4.74 Å². The minimum atomic E-state index is -3.59. The lowest BCUT2D eigenvalue weighted by Crippen LogP contribution is -2.28. The molecule has 6 nitrogen and oxygen atoms in total. The Labute approximate surface area is 163 Å². The highest BCUT2D eigenvalue weighted by atomic mass is 35.5. The smallest absolute Gasteiger partial charge is 0.338 e. The lowest BCUT2D eigenvalue weighted by Gasteiger charge is -2.16. The number of hydrogen-bond donors (Lipinski definition) is 0. The average Bonchev–Trinajstić information content (AvgIpc) is 3.22. The Morgan fingerprint density at radius 2 is 1.89 bits per heavy atom. The van der Waals surface area contributed by atoms with Gasteiger partial charge in [0.05, 0.1) is 17.6 Å². The van der Waals surface area contributed by atoms with E-state index in [9.17, 15) is 13.2 Å². The summed E-state index contributed by atoms with van der Waals surface area (Å²) in [6.07, 6.45) is 1.70. The highest BCUT2D eigenvalue weighted by Gasteiger charge is 2.27. The maximum atomic E-state index is 12.7. The predicted molar refractivity (Wildman–Crippen MR) is 102 cm³/mol. The molecular weight excluding hydrogens is 390 g/mol.